The summed E-state index contributed by atoms with van der Waals surface area (Å²) < 4.78 is 1.60. The fourth-order valence-corrected chi connectivity index (χ4v) is 2.23. The van der Waals surface area contributed by atoms with Gasteiger partial charge in [-0.25, -0.2) is 4.98 Å². The Hall–Kier alpha value is -2.48. The molecule has 2 N–H and O–H groups in total. The number of H-pyrrole nitrogens is 1. The molecule has 3 rings (SSSR count). The Morgan fingerprint density at radius 2 is 2.29 bits per heavy atom. The number of halogens is 1. The van der Waals surface area contributed by atoms with E-state index in [0.29, 0.717) is 28.8 Å². The zero-order valence-electron chi connectivity index (χ0n) is 11.4. The molecular formula is C12H12ClN7O. The van der Waals surface area contributed by atoms with E-state index in [2.05, 4.69) is 30.4 Å². The third kappa shape index (κ3) is 2.45. The number of amides is 1. The van der Waals surface area contributed by atoms with Crippen LogP contribution in [0.4, 0.5) is 5.95 Å². The van der Waals surface area contributed by atoms with Gasteiger partial charge >= 0.3 is 0 Å². The molecule has 108 valence electrons. The molecule has 0 saturated heterocycles. The molecule has 0 aliphatic heterocycles. The Kier molecular flexibility index (Phi) is 3.30. The molecule has 0 fully saturated rings. The molecule has 1 amide bonds. The lowest BCUT2D eigenvalue weighted by Crippen LogP contribution is -2.15. The number of aromatic amines is 1. The van der Waals surface area contributed by atoms with Crippen LogP contribution in [0, 0.1) is 0 Å². The molecule has 0 aromatic carbocycles. The predicted molar refractivity (Wildman–Crippen MR) is 77.2 cm³/mol. The SMILES string of the molecule is CCc1nn(C)cc1C(=O)Nc1nc(Cl)c2[nH]cnc2n1. The number of hydrogen-bond acceptors (Lipinski definition) is 5. The van der Waals surface area contributed by atoms with Crippen LogP contribution in [0.5, 0.6) is 0 Å². The Morgan fingerprint density at radius 3 is 3.05 bits per heavy atom. The first-order valence-electron chi connectivity index (χ1n) is 6.29. The van der Waals surface area contributed by atoms with Crippen molar-refractivity contribution in [3.8, 4) is 0 Å². The summed E-state index contributed by atoms with van der Waals surface area (Å²) in [5, 5.41) is 7.04. The largest absolute Gasteiger partial charge is 0.341 e. The Labute approximate surface area is 124 Å². The van der Waals surface area contributed by atoms with Crippen LogP contribution in [0.1, 0.15) is 23.0 Å². The number of anilines is 1. The number of hydrogen-bond donors (Lipinski definition) is 2. The fourth-order valence-electron chi connectivity index (χ4n) is 2.01. The van der Waals surface area contributed by atoms with Gasteiger partial charge in [0.2, 0.25) is 5.95 Å². The van der Waals surface area contributed by atoms with Crippen molar-refractivity contribution in [1.82, 2.24) is 29.7 Å². The maximum Gasteiger partial charge on any atom is 0.261 e. The average molecular weight is 306 g/mol. The molecule has 0 aliphatic carbocycles. The molecule has 3 aromatic rings. The summed E-state index contributed by atoms with van der Waals surface area (Å²) in [4.78, 5) is 27.3. The molecule has 9 heteroatoms. The third-order valence-corrected chi connectivity index (χ3v) is 3.23. The van der Waals surface area contributed by atoms with Crippen LogP contribution in [0.3, 0.4) is 0 Å². The molecule has 8 nitrogen and oxygen atoms in total. The van der Waals surface area contributed by atoms with E-state index in [-0.39, 0.29) is 17.0 Å². The van der Waals surface area contributed by atoms with E-state index in [0.717, 1.165) is 0 Å². The highest BCUT2D eigenvalue weighted by Crippen LogP contribution is 2.19. The Balaban J connectivity index is 1.92. The van der Waals surface area contributed by atoms with Crippen LogP contribution in [-0.2, 0) is 13.5 Å². The normalized spacial score (nSPS) is 11.0. The lowest BCUT2D eigenvalue weighted by Gasteiger charge is -2.03. The summed E-state index contributed by atoms with van der Waals surface area (Å²) in [6, 6.07) is 0. The first kappa shape index (κ1) is 13.5. The van der Waals surface area contributed by atoms with Crippen LogP contribution < -0.4 is 5.32 Å². The number of rotatable bonds is 3. The van der Waals surface area contributed by atoms with Crippen molar-refractivity contribution < 1.29 is 4.79 Å². The van der Waals surface area contributed by atoms with Crippen LogP contribution in [0.25, 0.3) is 11.2 Å². The van der Waals surface area contributed by atoms with E-state index in [1.165, 1.54) is 6.33 Å². The molecule has 3 heterocycles. The highest BCUT2D eigenvalue weighted by molar-refractivity contribution is 6.33. The van der Waals surface area contributed by atoms with E-state index in [9.17, 15) is 4.79 Å². The minimum absolute atomic E-state index is 0.107. The van der Waals surface area contributed by atoms with Gasteiger partial charge in [0, 0.05) is 13.2 Å². The van der Waals surface area contributed by atoms with Gasteiger partial charge < -0.3 is 4.98 Å². The van der Waals surface area contributed by atoms with Gasteiger partial charge in [0.25, 0.3) is 5.91 Å². The summed E-state index contributed by atoms with van der Waals surface area (Å²) in [7, 11) is 1.76. The number of carbonyl (C=O) groups excluding carboxylic acids is 1. The molecule has 3 aromatic heterocycles. The number of aryl methyl sites for hydroxylation is 2. The molecule has 0 atom stereocenters. The highest BCUT2D eigenvalue weighted by atomic mass is 35.5. The monoisotopic (exact) mass is 305 g/mol. The molecule has 0 aliphatic rings. The molecule has 0 radical (unpaired) electrons. The zero-order valence-corrected chi connectivity index (χ0v) is 12.1. The summed E-state index contributed by atoms with van der Waals surface area (Å²) in [5.74, 6) is -0.221. The Bertz CT molecular complexity index is 822. The van der Waals surface area contributed by atoms with E-state index < -0.39 is 0 Å². The van der Waals surface area contributed by atoms with Crippen molar-refractivity contribution in [2.75, 3.05) is 5.32 Å². The topological polar surface area (TPSA) is 101 Å². The van der Waals surface area contributed by atoms with Gasteiger partial charge in [0.1, 0.15) is 5.52 Å². The van der Waals surface area contributed by atoms with Crippen LogP contribution >= 0.6 is 11.6 Å². The van der Waals surface area contributed by atoms with Crippen molar-refractivity contribution in [2.24, 2.45) is 7.05 Å². The van der Waals surface area contributed by atoms with Gasteiger partial charge in [-0.05, 0) is 6.42 Å². The maximum atomic E-state index is 12.3. The van der Waals surface area contributed by atoms with Crippen LogP contribution in [0.2, 0.25) is 5.15 Å². The van der Waals surface area contributed by atoms with Gasteiger partial charge in [-0.2, -0.15) is 15.1 Å². The lowest BCUT2D eigenvalue weighted by atomic mass is 10.2. The standard InChI is InChI=1S/C12H12ClN7O/c1-3-7-6(4-20(2)19-7)11(21)18-12-16-9(13)8-10(17-12)15-5-14-8/h4-5H,3H2,1-2H3,(H2,14,15,16,17,18,21). The number of carbonyl (C=O) groups is 1. The molecule has 0 unspecified atom stereocenters. The summed E-state index contributed by atoms with van der Waals surface area (Å²) in [6.45, 7) is 1.93. The van der Waals surface area contributed by atoms with E-state index >= 15 is 0 Å². The van der Waals surface area contributed by atoms with E-state index in [1.807, 2.05) is 6.92 Å². The van der Waals surface area contributed by atoms with Crippen LogP contribution in [0.15, 0.2) is 12.5 Å². The van der Waals surface area contributed by atoms with E-state index in [4.69, 9.17) is 11.6 Å². The number of nitrogens with one attached hydrogen (secondary N) is 2. The quantitative estimate of drug-likeness (QED) is 0.715. The van der Waals surface area contributed by atoms with Gasteiger partial charge in [-0.1, -0.05) is 18.5 Å². The molecular weight excluding hydrogens is 294 g/mol. The molecule has 0 spiro atoms. The second-order valence-electron chi connectivity index (χ2n) is 4.41. The molecule has 0 bridgehead atoms. The predicted octanol–water partition coefficient (Wildman–Crippen LogP) is 1.55. The molecule has 0 saturated carbocycles. The Morgan fingerprint density at radius 1 is 1.48 bits per heavy atom. The smallest absolute Gasteiger partial charge is 0.261 e. The number of nitrogens with zero attached hydrogens (tertiary/aromatic N) is 5. The van der Waals surface area contributed by atoms with Gasteiger partial charge in [-0.3, -0.25) is 14.8 Å². The van der Waals surface area contributed by atoms with Crippen LogP contribution in [-0.4, -0.2) is 35.6 Å². The number of imidazole rings is 1. The number of fused-ring (bicyclic) bond motifs is 1. The number of aromatic nitrogens is 6. The maximum absolute atomic E-state index is 12.3. The zero-order chi connectivity index (χ0) is 15.0. The van der Waals surface area contributed by atoms with Crippen molar-refractivity contribution in [1.29, 1.82) is 0 Å². The second kappa shape index (κ2) is 5.13. The van der Waals surface area contributed by atoms with Crippen molar-refractivity contribution >= 4 is 34.6 Å². The minimum atomic E-state index is -0.328. The fraction of sp³-hybridized carbons (Fsp3) is 0.250. The van der Waals surface area contributed by atoms with E-state index in [1.54, 1.807) is 17.9 Å². The van der Waals surface area contributed by atoms with Gasteiger partial charge in [0.05, 0.1) is 17.6 Å². The minimum Gasteiger partial charge on any atom is -0.341 e. The summed E-state index contributed by atoms with van der Waals surface area (Å²) >= 11 is 6.01. The highest BCUT2D eigenvalue weighted by Gasteiger charge is 2.17. The van der Waals surface area contributed by atoms with Crippen molar-refractivity contribution in [3.05, 3.63) is 28.9 Å². The molecule has 21 heavy (non-hydrogen) atoms. The van der Waals surface area contributed by atoms with Crippen molar-refractivity contribution in [3.63, 3.8) is 0 Å². The first-order valence-corrected chi connectivity index (χ1v) is 6.66. The van der Waals surface area contributed by atoms with Crippen molar-refractivity contribution in [2.45, 2.75) is 13.3 Å². The lowest BCUT2D eigenvalue weighted by molar-refractivity contribution is 0.102. The van der Waals surface area contributed by atoms with Gasteiger partial charge in [0.15, 0.2) is 10.8 Å². The first-order chi connectivity index (χ1) is 10.1. The second-order valence-corrected chi connectivity index (χ2v) is 4.77. The third-order valence-electron chi connectivity index (χ3n) is 2.95. The summed E-state index contributed by atoms with van der Waals surface area (Å²) in [6.07, 6.45) is 3.78. The summed E-state index contributed by atoms with van der Waals surface area (Å²) in [5.41, 5.74) is 2.13. The van der Waals surface area contributed by atoms with Gasteiger partial charge in [-0.15, -0.1) is 0 Å². The average Bonchev–Trinajstić information content (AvgIpc) is 3.04.